The third-order valence-electron chi connectivity index (χ3n) is 4.42. The molecule has 2 atom stereocenters. The highest BCUT2D eigenvalue weighted by molar-refractivity contribution is 5.67. The smallest absolute Gasteiger partial charge is 0.0738 e. The Morgan fingerprint density at radius 2 is 2.35 bits per heavy atom. The zero-order valence-electron chi connectivity index (χ0n) is 9.98. The Balaban J connectivity index is 1.87. The van der Waals surface area contributed by atoms with E-state index in [-0.39, 0.29) is 0 Å². The second-order valence-corrected chi connectivity index (χ2v) is 5.27. The largest absolute Gasteiger partial charge is 0.375 e. The van der Waals surface area contributed by atoms with E-state index in [0.717, 1.165) is 32.8 Å². The van der Waals surface area contributed by atoms with Crippen molar-refractivity contribution < 1.29 is 4.74 Å². The number of fused-ring (bicyclic) bond motifs is 3. The summed E-state index contributed by atoms with van der Waals surface area (Å²) in [4.78, 5) is 2.61. The highest BCUT2D eigenvalue weighted by Crippen LogP contribution is 2.45. The van der Waals surface area contributed by atoms with Crippen LogP contribution in [0.25, 0.3) is 0 Å². The van der Waals surface area contributed by atoms with Crippen LogP contribution in [0.3, 0.4) is 0 Å². The van der Waals surface area contributed by atoms with Crippen LogP contribution in [0.2, 0.25) is 0 Å². The first-order chi connectivity index (χ1) is 8.45. The third kappa shape index (κ3) is 1.36. The van der Waals surface area contributed by atoms with Gasteiger partial charge in [0.15, 0.2) is 0 Å². The maximum atomic E-state index is 5.70. The second kappa shape index (κ2) is 3.72. The lowest BCUT2D eigenvalue weighted by Crippen LogP contribution is -2.44. The van der Waals surface area contributed by atoms with Crippen molar-refractivity contribution in [1.29, 1.82) is 0 Å². The maximum absolute atomic E-state index is 5.70. The molecule has 3 nitrogen and oxygen atoms in total. The first kappa shape index (κ1) is 9.92. The minimum Gasteiger partial charge on any atom is -0.375 e. The Morgan fingerprint density at radius 1 is 1.35 bits per heavy atom. The number of ether oxygens (including phenoxy) is 1. The topological polar surface area (TPSA) is 24.5 Å². The van der Waals surface area contributed by atoms with Crippen molar-refractivity contribution in [2.24, 2.45) is 0 Å². The summed E-state index contributed by atoms with van der Waals surface area (Å²) in [5.74, 6) is 0.691. The summed E-state index contributed by atoms with van der Waals surface area (Å²) in [6, 6.07) is 7.43. The molecule has 0 bridgehead atoms. The van der Waals surface area contributed by atoms with Crippen molar-refractivity contribution in [3.8, 4) is 0 Å². The molecule has 0 spiro atoms. The van der Waals surface area contributed by atoms with Gasteiger partial charge < -0.3 is 15.0 Å². The van der Waals surface area contributed by atoms with Crippen LogP contribution in [0.1, 0.15) is 23.5 Å². The van der Waals surface area contributed by atoms with Gasteiger partial charge in [0.1, 0.15) is 0 Å². The molecule has 2 unspecified atom stereocenters. The molecule has 17 heavy (non-hydrogen) atoms. The first-order valence-corrected chi connectivity index (χ1v) is 6.62. The van der Waals surface area contributed by atoms with Crippen molar-refractivity contribution in [3.63, 3.8) is 0 Å². The van der Waals surface area contributed by atoms with Gasteiger partial charge in [-0.3, -0.25) is 0 Å². The molecule has 0 amide bonds. The molecule has 3 aliphatic rings. The molecule has 0 saturated carbocycles. The second-order valence-electron chi connectivity index (χ2n) is 5.27. The molecule has 1 saturated heterocycles. The highest BCUT2D eigenvalue weighted by Gasteiger charge is 2.41. The number of para-hydroxylation sites is 1. The monoisotopic (exact) mass is 230 g/mol. The Morgan fingerprint density at radius 3 is 3.35 bits per heavy atom. The number of hydrogen-bond acceptors (Lipinski definition) is 3. The van der Waals surface area contributed by atoms with E-state index in [1.165, 1.54) is 17.7 Å². The van der Waals surface area contributed by atoms with Crippen LogP contribution in [0.5, 0.6) is 0 Å². The summed E-state index contributed by atoms with van der Waals surface area (Å²) in [6.45, 7) is 5.00. The molecule has 90 valence electrons. The van der Waals surface area contributed by atoms with Crippen molar-refractivity contribution in [2.45, 2.75) is 25.0 Å². The lowest BCUT2D eigenvalue weighted by atomic mass is 9.90. The number of nitrogens with zero attached hydrogens (tertiary/aromatic N) is 1. The molecular formula is C14H18N2O. The van der Waals surface area contributed by atoms with Crippen LogP contribution in [-0.4, -0.2) is 32.3 Å². The van der Waals surface area contributed by atoms with E-state index in [4.69, 9.17) is 4.74 Å². The van der Waals surface area contributed by atoms with E-state index in [9.17, 15) is 0 Å². The molecule has 1 aromatic rings. The predicted molar refractivity (Wildman–Crippen MR) is 67.5 cm³/mol. The van der Waals surface area contributed by atoms with E-state index in [1.54, 1.807) is 5.56 Å². The minimum absolute atomic E-state index is 0.691. The van der Waals surface area contributed by atoms with E-state index in [1.807, 2.05) is 0 Å². The van der Waals surface area contributed by atoms with Crippen molar-refractivity contribution in [2.75, 3.05) is 31.1 Å². The van der Waals surface area contributed by atoms with Gasteiger partial charge in [0, 0.05) is 36.3 Å². The Labute approximate surface area is 102 Å². The molecule has 3 heterocycles. The van der Waals surface area contributed by atoms with Gasteiger partial charge in [0.25, 0.3) is 0 Å². The van der Waals surface area contributed by atoms with Gasteiger partial charge in [-0.25, -0.2) is 0 Å². The number of rotatable bonds is 0. The lowest BCUT2D eigenvalue weighted by molar-refractivity contribution is 0.130. The van der Waals surface area contributed by atoms with Gasteiger partial charge in [-0.05, 0) is 18.5 Å². The number of hydrogen-bond donors (Lipinski definition) is 1. The maximum Gasteiger partial charge on any atom is 0.0738 e. The Kier molecular flexibility index (Phi) is 2.17. The van der Waals surface area contributed by atoms with Crippen LogP contribution in [0, 0.1) is 0 Å². The summed E-state index contributed by atoms with van der Waals surface area (Å²) >= 11 is 0. The van der Waals surface area contributed by atoms with Gasteiger partial charge >= 0.3 is 0 Å². The molecule has 1 aromatic carbocycles. The molecule has 0 radical (unpaired) electrons. The minimum atomic E-state index is 0.691. The average molecular weight is 230 g/mol. The van der Waals surface area contributed by atoms with Gasteiger partial charge in [0.05, 0.1) is 13.2 Å². The Bertz CT molecular complexity index is 446. The average Bonchev–Trinajstić information content (AvgIpc) is 2.56. The van der Waals surface area contributed by atoms with Crippen molar-refractivity contribution in [1.82, 2.24) is 5.32 Å². The number of anilines is 1. The molecule has 0 aliphatic carbocycles. The fraction of sp³-hybridized carbons (Fsp3) is 0.571. The van der Waals surface area contributed by atoms with E-state index in [2.05, 4.69) is 28.4 Å². The molecule has 4 rings (SSSR count). The highest BCUT2D eigenvalue weighted by atomic mass is 16.5. The van der Waals surface area contributed by atoms with Crippen LogP contribution in [0.4, 0.5) is 5.69 Å². The fourth-order valence-corrected chi connectivity index (χ4v) is 3.70. The molecule has 0 aromatic heterocycles. The normalized spacial score (nSPS) is 30.7. The molecule has 3 heteroatoms. The lowest BCUT2D eigenvalue weighted by Gasteiger charge is -2.33. The summed E-state index contributed by atoms with van der Waals surface area (Å²) in [5, 5.41) is 3.54. The van der Waals surface area contributed by atoms with Gasteiger partial charge in [-0.15, -0.1) is 0 Å². The Hall–Kier alpha value is -1.06. The van der Waals surface area contributed by atoms with Gasteiger partial charge in [-0.2, -0.15) is 0 Å². The van der Waals surface area contributed by atoms with Gasteiger partial charge in [0.2, 0.25) is 0 Å². The standard InChI is InChI=1S/C14H18N2O/c1-2-10-9-17-7-6-16-13-4-5-15-8-12(13)11(3-1)14(10)16/h1-3,12-13,15H,4-9H2. The van der Waals surface area contributed by atoms with Gasteiger partial charge in [-0.1, -0.05) is 18.2 Å². The molecule has 1 fully saturated rings. The third-order valence-corrected chi connectivity index (χ3v) is 4.42. The SMILES string of the molecule is c1cc2c3c(c1)C1CNCCC1N3CCOC2. The molecule has 3 aliphatic heterocycles. The van der Waals surface area contributed by atoms with E-state index >= 15 is 0 Å². The van der Waals surface area contributed by atoms with E-state index in [0.29, 0.717) is 12.0 Å². The quantitative estimate of drug-likeness (QED) is 0.730. The van der Waals surface area contributed by atoms with Crippen LogP contribution >= 0.6 is 0 Å². The number of nitrogens with one attached hydrogen (secondary N) is 1. The summed E-state index contributed by atoms with van der Waals surface area (Å²) < 4.78 is 5.70. The van der Waals surface area contributed by atoms with Crippen molar-refractivity contribution in [3.05, 3.63) is 29.3 Å². The van der Waals surface area contributed by atoms with E-state index < -0.39 is 0 Å². The summed E-state index contributed by atoms with van der Waals surface area (Å²) in [5.41, 5.74) is 4.42. The van der Waals surface area contributed by atoms with Crippen LogP contribution in [-0.2, 0) is 11.3 Å². The van der Waals surface area contributed by atoms with Crippen LogP contribution < -0.4 is 10.2 Å². The molecular weight excluding hydrogens is 212 g/mol. The summed E-state index contributed by atoms with van der Waals surface area (Å²) in [6.07, 6.45) is 1.26. The van der Waals surface area contributed by atoms with Crippen molar-refractivity contribution >= 4 is 5.69 Å². The number of benzene rings is 1. The zero-order valence-corrected chi connectivity index (χ0v) is 9.98. The zero-order chi connectivity index (χ0) is 11.2. The first-order valence-electron chi connectivity index (χ1n) is 6.62. The fourth-order valence-electron chi connectivity index (χ4n) is 3.70. The summed E-state index contributed by atoms with van der Waals surface area (Å²) in [7, 11) is 0. The number of piperidine rings is 1. The van der Waals surface area contributed by atoms with Crippen LogP contribution in [0.15, 0.2) is 18.2 Å². The predicted octanol–water partition coefficient (Wildman–Crippen LogP) is 1.48. The molecule has 1 N–H and O–H groups in total.